The van der Waals surface area contributed by atoms with Gasteiger partial charge in [0.25, 0.3) is 5.91 Å². The Morgan fingerprint density at radius 2 is 2.06 bits per heavy atom. The molecule has 0 bridgehead atoms. The minimum atomic E-state index is -0.856. The maximum absolute atomic E-state index is 12.0. The van der Waals surface area contributed by atoms with Crippen molar-refractivity contribution in [1.82, 2.24) is 9.88 Å². The highest BCUT2D eigenvalue weighted by atomic mass is 35.5. The molecule has 2 heterocycles. The summed E-state index contributed by atoms with van der Waals surface area (Å²) < 4.78 is 0. The van der Waals surface area contributed by atoms with Gasteiger partial charge in [0.15, 0.2) is 0 Å². The van der Waals surface area contributed by atoms with Crippen molar-refractivity contribution >= 4 is 35.1 Å². The van der Waals surface area contributed by atoms with Gasteiger partial charge < -0.3 is 10.0 Å². The van der Waals surface area contributed by atoms with Gasteiger partial charge in [-0.3, -0.25) is 9.59 Å². The van der Waals surface area contributed by atoms with Gasteiger partial charge >= 0.3 is 5.97 Å². The summed E-state index contributed by atoms with van der Waals surface area (Å²) in [5, 5.41) is 9.06. The van der Waals surface area contributed by atoms with Crippen molar-refractivity contribution in [2.45, 2.75) is 6.42 Å². The van der Waals surface area contributed by atoms with Gasteiger partial charge in [0, 0.05) is 19.0 Å². The number of carboxylic acid groups (broad SMARTS) is 1. The second kappa shape index (κ2) is 5.12. The number of amides is 1. The van der Waals surface area contributed by atoms with E-state index >= 15 is 0 Å². The van der Waals surface area contributed by atoms with Crippen LogP contribution in [0, 0.1) is 5.92 Å². The Kier molecular flexibility index (Phi) is 3.73. The predicted molar refractivity (Wildman–Crippen MR) is 65.9 cm³/mol. The number of likely N-dealkylation sites (tertiary alicyclic amines) is 1. The van der Waals surface area contributed by atoms with E-state index in [4.69, 9.17) is 28.3 Å². The molecule has 1 aromatic rings. The number of aliphatic carboxylic acids is 1. The Morgan fingerprint density at radius 1 is 1.39 bits per heavy atom. The minimum Gasteiger partial charge on any atom is -0.481 e. The lowest BCUT2D eigenvalue weighted by molar-refractivity contribution is -0.139. The van der Waals surface area contributed by atoms with Gasteiger partial charge in [0.2, 0.25) is 0 Å². The molecule has 5 nitrogen and oxygen atoms in total. The molecule has 18 heavy (non-hydrogen) atoms. The second-order valence-corrected chi connectivity index (χ2v) is 4.93. The van der Waals surface area contributed by atoms with Crippen molar-refractivity contribution in [1.29, 1.82) is 0 Å². The fraction of sp³-hybridized carbons (Fsp3) is 0.364. The van der Waals surface area contributed by atoms with E-state index in [9.17, 15) is 9.59 Å². The smallest absolute Gasteiger partial charge is 0.303 e. The third kappa shape index (κ3) is 2.73. The molecule has 1 amide bonds. The van der Waals surface area contributed by atoms with E-state index in [0.717, 1.165) is 0 Å². The van der Waals surface area contributed by atoms with E-state index in [1.807, 2.05) is 0 Å². The zero-order chi connectivity index (χ0) is 13.3. The Hall–Kier alpha value is -1.33. The minimum absolute atomic E-state index is 0.00408. The van der Waals surface area contributed by atoms with Gasteiger partial charge in [0.1, 0.15) is 10.8 Å². The summed E-state index contributed by atoms with van der Waals surface area (Å²) in [6, 6.07) is 3.02. The Labute approximate surface area is 113 Å². The van der Waals surface area contributed by atoms with E-state index in [1.165, 1.54) is 17.0 Å². The average Bonchev–Trinajstić information content (AvgIpc) is 2.25. The molecule has 7 heteroatoms. The molecule has 1 aliphatic heterocycles. The van der Waals surface area contributed by atoms with E-state index < -0.39 is 5.97 Å². The number of carboxylic acids is 1. The van der Waals surface area contributed by atoms with Gasteiger partial charge in [0.05, 0.1) is 11.4 Å². The van der Waals surface area contributed by atoms with Crippen LogP contribution in [0.1, 0.15) is 16.9 Å². The van der Waals surface area contributed by atoms with Crippen LogP contribution < -0.4 is 0 Å². The number of hydrogen-bond donors (Lipinski definition) is 1. The monoisotopic (exact) mass is 288 g/mol. The molecule has 0 radical (unpaired) electrons. The number of rotatable bonds is 3. The number of aromatic nitrogens is 1. The van der Waals surface area contributed by atoms with E-state index in [1.54, 1.807) is 0 Å². The number of carbonyl (C=O) groups excluding carboxylic acids is 1. The quantitative estimate of drug-likeness (QED) is 0.863. The van der Waals surface area contributed by atoms with Crippen LogP contribution in [0.15, 0.2) is 12.1 Å². The van der Waals surface area contributed by atoms with Crippen LogP contribution >= 0.6 is 23.2 Å². The Bertz CT molecular complexity index is 501. The summed E-state index contributed by atoms with van der Waals surface area (Å²) in [6.45, 7) is 0.825. The van der Waals surface area contributed by atoms with Crippen LogP contribution in [-0.2, 0) is 4.79 Å². The van der Waals surface area contributed by atoms with Gasteiger partial charge in [-0.05, 0) is 12.1 Å². The molecule has 0 unspecified atom stereocenters. The van der Waals surface area contributed by atoms with Crippen LogP contribution in [0.5, 0.6) is 0 Å². The van der Waals surface area contributed by atoms with Crippen LogP contribution in [0.2, 0.25) is 10.2 Å². The third-order valence-corrected chi connectivity index (χ3v) is 3.24. The lowest BCUT2D eigenvalue weighted by Crippen LogP contribution is -2.50. The summed E-state index contributed by atoms with van der Waals surface area (Å²) in [7, 11) is 0. The van der Waals surface area contributed by atoms with Crippen LogP contribution in [0.3, 0.4) is 0 Å². The average molecular weight is 289 g/mol. The topological polar surface area (TPSA) is 70.5 Å². The molecule has 1 aliphatic rings. The van der Waals surface area contributed by atoms with Gasteiger partial charge in [-0.1, -0.05) is 23.2 Å². The van der Waals surface area contributed by atoms with Crippen molar-refractivity contribution in [3.8, 4) is 0 Å². The number of carbonyl (C=O) groups is 2. The maximum Gasteiger partial charge on any atom is 0.303 e. The van der Waals surface area contributed by atoms with Crippen LogP contribution in [0.25, 0.3) is 0 Å². The molecule has 0 atom stereocenters. The van der Waals surface area contributed by atoms with Crippen molar-refractivity contribution in [3.05, 3.63) is 28.0 Å². The van der Waals surface area contributed by atoms with E-state index in [0.29, 0.717) is 13.1 Å². The van der Waals surface area contributed by atoms with Crippen LogP contribution in [0.4, 0.5) is 0 Å². The summed E-state index contributed by atoms with van der Waals surface area (Å²) in [5.41, 5.74) is 0.109. The molecular formula is C11H10Cl2N2O3. The molecule has 1 saturated heterocycles. The zero-order valence-corrected chi connectivity index (χ0v) is 10.8. The summed E-state index contributed by atoms with van der Waals surface area (Å²) in [6.07, 6.45) is 0.0699. The van der Waals surface area contributed by atoms with Crippen molar-refractivity contribution in [2.75, 3.05) is 13.1 Å². The maximum atomic E-state index is 12.0. The Balaban J connectivity index is 2.01. The molecule has 96 valence electrons. The lowest BCUT2D eigenvalue weighted by atomic mass is 9.96. The van der Waals surface area contributed by atoms with E-state index in [2.05, 4.69) is 4.98 Å². The zero-order valence-electron chi connectivity index (χ0n) is 9.27. The predicted octanol–water partition coefficient (Wildman–Crippen LogP) is 1.94. The molecule has 1 aromatic heterocycles. The van der Waals surface area contributed by atoms with Crippen molar-refractivity contribution in [3.63, 3.8) is 0 Å². The first-order valence-electron chi connectivity index (χ1n) is 5.30. The lowest BCUT2D eigenvalue weighted by Gasteiger charge is -2.38. The SMILES string of the molecule is O=C(O)CC1CN(C(=O)c2nc(Cl)ccc2Cl)C1. The summed E-state index contributed by atoms with van der Waals surface area (Å²) >= 11 is 11.6. The molecular weight excluding hydrogens is 279 g/mol. The molecule has 0 saturated carbocycles. The van der Waals surface area contributed by atoms with Crippen molar-refractivity contribution < 1.29 is 14.7 Å². The van der Waals surface area contributed by atoms with Gasteiger partial charge in [-0.25, -0.2) is 4.98 Å². The number of hydrogen-bond acceptors (Lipinski definition) is 3. The molecule has 1 fully saturated rings. The Morgan fingerprint density at radius 3 is 2.67 bits per heavy atom. The summed E-state index contributed by atoms with van der Waals surface area (Å²) in [4.78, 5) is 27.9. The summed E-state index contributed by atoms with van der Waals surface area (Å²) in [5.74, 6) is -1.17. The number of halogens is 2. The first-order chi connectivity index (χ1) is 8.47. The molecule has 0 spiro atoms. The molecule has 2 rings (SSSR count). The number of pyridine rings is 1. The van der Waals surface area contributed by atoms with Crippen molar-refractivity contribution in [2.24, 2.45) is 5.92 Å². The normalized spacial score (nSPS) is 15.3. The fourth-order valence-corrected chi connectivity index (χ4v) is 2.16. The highest BCUT2D eigenvalue weighted by molar-refractivity contribution is 6.34. The van der Waals surface area contributed by atoms with E-state index in [-0.39, 0.29) is 34.1 Å². The molecule has 1 N–H and O–H groups in total. The van der Waals surface area contributed by atoms with Gasteiger partial charge in [-0.15, -0.1) is 0 Å². The van der Waals surface area contributed by atoms with Crippen LogP contribution in [-0.4, -0.2) is 40.0 Å². The second-order valence-electron chi connectivity index (χ2n) is 4.14. The first-order valence-corrected chi connectivity index (χ1v) is 6.06. The fourth-order valence-electron chi connectivity index (χ4n) is 1.83. The number of nitrogens with zero attached hydrogens (tertiary/aromatic N) is 2. The molecule has 0 aliphatic carbocycles. The van der Waals surface area contributed by atoms with Gasteiger partial charge in [-0.2, -0.15) is 0 Å². The highest BCUT2D eigenvalue weighted by Gasteiger charge is 2.33. The standard InChI is InChI=1S/C11H10Cl2N2O3/c12-7-1-2-8(13)14-10(7)11(18)15-4-6(5-15)3-9(16)17/h1-2,6H,3-5H2,(H,16,17). The largest absolute Gasteiger partial charge is 0.481 e. The highest BCUT2D eigenvalue weighted by Crippen LogP contribution is 2.24. The molecule has 0 aromatic carbocycles. The third-order valence-electron chi connectivity index (χ3n) is 2.72. The first kappa shape index (κ1) is 13.1.